The van der Waals surface area contributed by atoms with Crippen LogP contribution < -0.4 is 0 Å². The van der Waals surface area contributed by atoms with Crippen LogP contribution in [-0.4, -0.2) is 45.1 Å². The second-order valence-electron chi connectivity index (χ2n) is 4.37. The summed E-state index contributed by atoms with van der Waals surface area (Å²) in [5.41, 5.74) is 0.0217. The highest BCUT2D eigenvalue weighted by Gasteiger charge is 2.29. The van der Waals surface area contributed by atoms with Crippen LogP contribution in [0, 0.1) is 5.92 Å². The third-order valence-electron chi connectivity index (χ3n) is 3.03. The molecule has 6 heteroatoms. The van der Waals surface area contributed by atoms with Gasteiger partial charge in [-0.15, -0.1) is 0 Å². The smallest absolute Gasteiger partial charge is 0.303 e. The number of pyridine rings is 1. The standard InChI is InChI=1S/C12H14N2O4/c15-9-2-1-4-13-11(9)12(18)14-5-3-8(7-14)6-10(16)17/h1-2,4,8,15H,3,5-7H2,(H,16,17). The highest BCUT2D eigenvalue weighted by Crippen LogP contribution is 2.23. The number of nitrogens with zero attached hydrogens (tertiary/aromatic N) is 2. The molecule has 0 bridgehead atoms. The summed E-state index contributed by atoms with van der Waals surface area (Å²) >= 11 is 0. The molecule has 2 heterocycles. The molecule has 0 radical (unpaired) electrons. The van der Waals surface area contributed by atoms with Crippen molar-refractivity contribution in [2.24, 2.45) is 5.92 Å². The monoisotopic (exact) mass is 250 g/mol. The third kappa shape index (κ3) is 2.58. The van der Waals surface area contributed by atoms with Crippen molar-refractivity contribution in [3.63, 3.8) is 0 Å². The number of hydrogen-bond donors (Lipinski definition) is 2. The molecule has 1 unspecified atom stereocenters. The summed E-state index contributed by atoms with van der Waals surface area (Å²) in [4.78, 5) is 28.0. The lowest BCUT2D eigenvalue weighted by atomic mass is 10.1. The molecule has 1 aromatic rings. The molecule has 1 fully saturated rings. The van der Waals surface area contributed by atoms with Gasteiger partial charge >= 0.3 is 5.97 Å². The van der Waals surface area contributed by atoms with Gasteiger partial charge in [0, 0.05) is 25.7 Å². The molecule has 18 heavy (non-hydrogen) atoms. The summed E-state index contributed by atoms with van der Waals surface area (Å²) in [7, 11) is 0. The summed E-state index contributed by atoms with van der Waals surface area (Å²) in [5, 5.41) is 18.3. The predicted octanol–water partition coefficient (Wildman–Crippen LogP) is 0.724. The van der Waals surface area contributed by atoms with E-state index in [4.69, 9.17) is 5.11 Å². The number of aliphatic carboxylic acids is 1. The maximum atomic E-state index is 12.1. The van der Waals surface area contributed by atoms with E-state index in [0.717, 1.165) is 0 Å². The molecule has 1 aliphatic heterocycles. The second kappa shape index (κ2) is 5.03. The molecule has 0 saturated carbocycles. The minimum absolute atomic E-state index is 0.0164. The zero-order valence-corrected chi connectivity index (χ0v) is 9.74. The van der Waals surface area contributed by atoms with Crippen molar-refractivity contribution >= 4 is 11.9 Å². The lowest BCUT2D eigenvalue weighted by Gasteiger charge is -2.16. The second-order valence-corrected chi connectivity index (χ2v) is 4.37. The fraction of sp³-hybridized carbons (Fsp3) is 0.417. The Balaban J connectivity index is 2.04. The van der Waals surface area contributed by atoms with Gasteiger partial charge in [-0.3, -0.25) is 9.59 Å². The van der Waals surface area contributed by atoms with E-state index >= 15 is 0 Å². The van der Waals surface area contributed by atoms with Crippen molar-refractivity contribution in [2.75, 3.05) is 13.1 Å². The summed E-state index contributed by atoms with van der Waals surface area (Å²) in [6.07, 6.45) is 2.18. The summed E-state index contributed by atoms with van der Waals surface area (Å²) in [6.45, 7) is 0.911. The van der Waals surface area contributed by atoms with Gasteiger partial charge < -0.3 is 15.1 Å². The first-order valence-electron chi connectivity index (χ1n) is 5.73. The van der Waals surface area contributed by atoms with E-state index in [9.17, 15) is 14.7 Å². The number of rotatable bonds is 3. The van der Waals surface area contributed by atoms with Crippen LogP contribution in [0.4, 0.5) is 0 Å². The van der Waals surface area contributed by atoms with Crippen LogP contribution in [0.15, 0.2) is 18.3 Å². The maximum Gasteiger partial charge on any atom is 0.303 e. The van der Waals surface area contributed by atoms with Gasteiger partial charge in [-0.1, -0.05) is 0 Å². The number of aromatic hydroxyl groups is 1. The molecule has 6 nitrogen and oxygen atoms in total. The molecule has 1 atom stereocenters. The first kappa shape index (κ1) is 12.3. The van der Waals surface area contributed by atoms with Crippen LogP contribution in [0.25, 0.3) is 0 Å². The van der Waals surface area contributed by atoms with Gasteiger partial charge in [-0.2, -0.15) is 0 Å². The number of likely N-dealkylation sites (tertiary alicyclic amines) is 1. The van der Waals surface area contributed by atoms with Gasteiger partial charge in [0.2, 0.25) is 0 Å². The number of carbonyl (C=O) groups excluding carboxylic acids is 1. The number of carboxylic acid groups (broad SMARTS) is 1. The van der Waals surface area contributed by atoms with Crippen LogP contribution in [0.3, 0.4) is 0 Å². The van der Waals surface area contributed by atoms with Crippen molar-refractivity contribution in [2.45, 2.75) is 12.8 Å². The van der Waals surface area contributed by atoms with E-state index in [1.165, 1.54) is 17.2 Å². The molecule has 0 aliphatic carbocycles. The van der Waals surface area contributed by atoms with Crippen molar-refractivity contribution < 1.29 is 19.8 Å². The summed E-state index contributed by atoms with van der Waals surface area (Å²) < 4.78 is 0. The fourth-order valence-electron chi connectivity index (χ4n) is 2.14. The molecular weight excluding hydrogens is 236 g/mol. The van der Waals surface area contributed by atoms with Crippen molar-refractivity contribution in [3.05, 3.63) is 24.0 Å². The Morgan fingerprint density at radius 3 is 2.94 bits per heavy atom. The van der Waals surface area contributed by atoms with Gasteiger partial charge in [-0.05, 0) is 24.5 Å². The highest BCUT2D eigenvalue weighted by molar-refractivity contribution is 5.95. The molecule has 96 valence electrons. The largest absolute Gasteiger partial charge is 0.505 e. The summed E-state index contributed by atoms with van der Waals surface area (Å²) in [5.74, 6) is -1.36. The first-order valence-corrected chi connectivity index (χ1v) is 5.73. The number of carboxylic acids is 1. The fourth-order valence-corrected chi connectivity index (χ4v) is 2.14. The Morgan fingerprint density at radius 1 is 1.50 bits per heavy atom. The van der Waals surface area contributed by atoms with Crippen LogP contribution in [0.2, 0.25) is 0 Å². The number of aromatic nitrogens is 1. The van der Waals surface area contributed by atoms with Gasteiger partial charge in [0.15, 0.2) is 5.69 Å². The Morgan fingerprint density at radius 2 is 2.28 bits per heavy atom. The summed E-state index contributed by atoms with van der Waals surface area (Å²) in [6, 6.07) is 2.95. The quantitative estimate of drug-likeness (QED) is 0.825. The molecule has 0 aromatic carbocycles. The van der Waals surface area contributed by atoms with Crippen molar-refractivity contribution in [1.82, 2.24) is 9.88 Å². The van der Waals surface area contributed by atoms with Crippen LogP contribution in [0.1, 0.15) is 23.3 Å². The predicted molar refractivity (Wildman–Crippen MR) is 62.2 cm³/mol. The highest BCUT2D eigenvalue weighted by atomic mass is 16.4. The third-order valence-corrected chi connectivity index (χ3v) is 3.03. The molecule has 0 spiro atoms. The number of amides is 1. The Kier molecular flexibility index (Phi) is 3.45. The van der Waals surface area contributed by atoms with Crippen molar-refractivity contribution in [1.29, 1.82) is 0 Å². The molecule has 1 saturated heterocycles. The van der Waals surface area contributed by atoms with E-state index in [2.05, 4.69) is 4.98 Å². The number of hydrogen-bond acceptors (Lipinski definition) is 4. The van der Waals surface area contributed by atoms with Gasteiger partial charge in [0.1, 0.15) is 5.75 Å². The van der Waals surface area contributed by atoms with E-state index in [1.807, 2.05) is 0 Å². The average molecular weight is 250 g/mol. The minimum Gasteiger partial charge on any atom is -0.505 e. The number of carbonyl (C=O) groups is 2. The Labute approximate surface area is 104 Å². The van der Waals surface area contributed by atoms with E-state index < -0.39 is 5.97 Å². The average Bonchev–Trinajstić information content (AvgIpc) is 2.76. The lowest BCUT2D eigenvalue weighted by Crippen LogP contribution is -2.29. The van der Waals surface area contributed by atoms with Gasteiger partial charge in [0.25, 0.3) is 5.91 Å². The van der Waals surface area contributed by atoms with Gasteiger partial charge in [0.05, 0.1) is 0 Å². The van der Waals surface area contributed by atoms with E-state index in [1.54, 1.807) is 6.07 Å². The molecule has 2 rings (SSSR count). The molecule has 1 aromatic heterocycles. The molecule has 1 aliphatic rings. The molecular formula is C12H14N2O4. The maximum absolute atomic E-state index is 12.1. The van der Waals surface area contributed by atoms with Crippen LogP contribution >= 0.6 is 0 Å². The Hall–Kier alpha value is -2.11. The van der Waals surface area contributed by atoms with Crippen molar-refractivity contribution in [3.8, 4) is 5.75 Å². The zero-order valence-electron chi connectivity index (χ0n) is 9.74. The van der Waals surface area contributed by atoms with Crippen LogP contribution in [0.5, 0.6) is 5.75 Å². The first-order chi connectivity index (χ1) is 8.58. The Bertz CT molecular complexity index is 475. The lowest BCUT2D eigenvalue weighted by molar-refractivity contribution is -0.138. The SMILES string of the molecule is O=C(O)CC1CCN(C(=O)c2ncccc2O)C1. The topological polar surface area (TPSA) is 90.7 Å². The van der Waals surface area contributed by atoms with Crippen LogP contribution in [-0.2, 0) is 4.79 Å². The zero-order chi connectivity index (χ0) is 13.1. The molecule has 1 amide bonds. The molecule has 2 N–H and O–H groups in total. The minimum atomic E-state index is -0.852. The van der Waals surface area contributed by atoms with E-state index in [0.29, 0.717) is 19.5 Å². The normalized spacial score (nSPS) is 18.9. The van der Waals surface area contributed by atoms with E-state index in [-0.39, 0.29) is 29.7 Å². The van der Waals surface area contributed by atoms with Gasteiger partial charge in [-0.25, -0.2) is 4.98 Å².